The van der Waals surface area contributed by atoms with Crippen LogP contribution in [0.5, 0.6) is 0 Å². The van der Waals surface area contributed by atoms with Gasteiger partial charge in [0.05, 0.1) is 6.67 Å². The van der Waals surface area contributed by atoms with Crippen molar-refractivity contribution in [3.05, 3.63) is 28.7 Å². The second-order valence-corrected chi connectivity index (χ2v) is 4.63. The molecule has 2 rings (SSSR count). The van der Waals surface area contributed by atoms with E-state index in [1.54, 1.807) is 0 Å². The van der Waals surface area contributed by atoms with Crippen LogP contribution in [-0.2, 0) is 0 Å². The maximum Gasteiger partial charge on any atom is 0.0679 e. The average Bonchev–Trinajstić information content (AvgIpc) is 2.30. The smallest absolute Gasteiger partial charge is 0.0679 e. The molecule has 0 radical (unpaired) electrons. The third-order valence-electron chi connectivity index (χ3n) is 2.56. The highest BCUT2D eigenvalue weighted by Crippen LogP contribution is 2.13. The van der Waals surface area contributed by atoms with Gasteiger partial charge in [0.1, 0.15) is 0 Å². The van der Waals surface area contributed by atoms with Gasteiger partial charge < -0.3 is 10.6 Å². The van der Waals surface area contributed by atoms with Crippen LogP contribution in [0.1, 0.15) is 0 Å². The normalized spacial score (nSPS) is 17.7. The number of hydrogen-bond acceptors (Lipinski definition) is 3. The summed E-state index contributed by atoms with van der Waals surface area (Å²) < 4.78 is 1.12. The van der Waals surface area contributed by atoms with Crippen LogP contribution in [0.4, 0.5) is 5.69 Å². The van der Waals surface area contributed by atoms with Crippen molar-refractivity contribution < 1.29 is 0 Å². The van der Waals surface area contributed by atoms with Crippen LogP contribution in [0.25, 0.3) is 0 Å². The third-order valence-corrected chi connectivity index (χ3v) is 3.09. The summed E-state index contributed by atoms with van der Waals surface area (Å²) >= 11 is 3.43. The number of benzene rings is 1. The molecule has 0 spiro atoms. The molecule has 1 fully saturated rings. The van der Waals surface area contributed by atoms with Gasteiger partial charge in [-0.1, -0.05) is 15.9 Å². The Morgan fingerprint density at radius 2 is 1.87 bits per heavy atom. The molecule has 0 aromatic heterocycles. The quantitative estimate of drug-likeness (QED) is 0.875. The van der Waals surface area contributed by atoms with E-state index >= 15 is 0 Å². The van der Waals surface area contributed by atoms with Crippen LogP contribution in [0.15, 0.2) is 28.7 Å². The first-order valence-corrected chi connectivity index (χ1v) is 6.06. The first-order chi connectivity index (χ1) is 7.34. The number of halogens is 1. The minimum absolute atomic E-state index is 0.934. The lowest BCUT2D eigenvalue weighted by Gasteiger charge is -2.27. The van der Waals surface area contributed by atoms with Gasteiger partial charge in [0, 0.05) is 36.3 Å². The van der Waals surface area contributed by atoms with Crippen LogP contribution in [-0.4, -0.2) is 37.7 Å². The summed E-state index contributed by atoms with van der Waals surface area (Å²) in [6, 6.07) is 8.29. The van der Waals surface area contributed by atoms with Crippen LogP contribution < -0.4 is 10.6 Å². The molecule has 15 heavy (non-hydrogen) atoms. The molecule has 0 bridgehead atoms. The van der Waals surface area contributed by atoms with Crippen LogP contribution in [0, 0.1) is 0 Å². The topological polar surface area (TPSA) is 27.3 Å². The lowest BCUT2D eigenvalue weighted by Crippen LogP contribution is -2.45. The fourth-order valence-corrected chi connectivity index (χ4v) is 1.90. The van der Waals surface area contributed by atoms with Crippen molar-refractivity contribution in [2.75, 3.05) is 38.2 Å². The number of nitrogens with zero attached hydrogens (tertiary/aromatic N) is 1. The molecule has 1 aromatic carbocycles. The zero-order valence-electron chi connectivity index (χ0n) is 8.67. The molecule has 0 unspecified atom stereocenters. The summed E-state index contributed by atoms with van der Waals surface area (Å²) in [4.78, 5) is 2.42. The second kappa shape index (κ2) is 5.49. The zero-order valence-corrected chi connectivity index (χ0v) is 10.3. The molecule has 0 atom stereocenters. The van der Waals surface area contributed by atoms with Crippen LogP contribution in [0.2, 0.25) is 0 Å². The molecule has 1 aromatic rings. The molecule has 3 nitrogen and oxygen atoms in total. The van der Waals surface area contributed by atoms with E-state index in [1.807, 2.05) is 0 Å². The highest BCUT2D eigenvalue weighted by molar-refractivity contribution is 9.10. The molecule has 1 aliphatic rings. The number of piperazine rings is 1. The fourth-order valence-electron chi connectivity index (χ4n) is 1.64. The summed E-state index contributed by atoms with van der Waals surface area (Å²) in [5, 5.41) is 6.76. The van der Waals surface area contributed by atoms with E-state index in [4.69, 9.17) is 0 Å². The number of nitrogens with one attached hydrogen (secondary N) is 2. The fraction of sp³-hybridized carbons (Fsp3) is 0.455. The zero-order chi connectivity index (χ0) is 10.5. The second-order valence-electron chi connectivity index (χ2n) is 3.71. The SMILES string of the molecule is Brc1ccc(NCN2CCNCC2)cc1. The molecule has 82 valence electrons. The number of anilines is 1. The van der Waals surface area contributed by atoms with Crippen molar-refractivity contribution >= 4 is 21.6 Å². The van der Waals surface area contributed by atoms with E-state index in [1.165, 1.54) is 5.69 Å². The Hall–Kier alpha value is -0.580. The van der Waals surface area contributed by atoms with Gasteiger partial charge in [-0.2, -0.15) is 0 Å². The van der Waals surface area contributed by atoms with Gasteiger partial charge in [0.2, 0.25) is 0 Å². The largest absolute Gasteiger partial charge is 0.372 e. The molecular formula is C11H16BrN3. The van der Waals surface area contributed by atoms with E-state index in [-0.39, 0.29) is 0 Å². The Kier molecular flexibility index (Phi) is 4.00. The van der Waals surface area contributed by atoms with Crippen LogP contribution >= 0.6 is 15.9 Å². The number of hydrogen-bond donors (Lipinski definition) is 2. The summed E-state index contributed by atoms with van der Waals surface area (Å²) in [5.74, 6) is 0. The molecule has 1 aliphatic heterocycles. The summed E-state index contributed by atoms with van der Waals surface area (Å²) in [6.07, 6.45) is 0. The standard InChI is InChI=1S/C11H16BrN3/c12-10-1-3-11(4-2-10)14-9-15-7-5-13-6-8-15/h1-4,13-14H,5-9H2. The third kappa shape index (κ3) is 3.48. The van der Waals surface area contributed by atoms with E-state index < -0.39 is 0 Å². The minimum atomic E-state index is 0.934. The Bertz CT molecular complexity index is 293. The molecule has 1 heterocycles. The lowest BCUT2D eigenvalue weighted by molar-refractivity contribution is 0.256. The first kappa shape index (κ1) is 10.9. The molecule has 0 amide bonds. The summed E-state index contributed by atoms with van der Waals surface area (Å²) in [7, 11) is 0. The number of rotatable bonds is 3. The highest BCUT2D eigenvalue weighted by Gasteiger charge is 2.07. The predicted octanol–water partition coefficient (Wildman–Crippen LogP) is 1.72. The lowest BCUT2D eigenvalue weighted by atomic mass is 10.3. The van der Waals surface area contributed by atoms with Crippen molar-refractivity contribution in [1.82, 2.24) is 10.2 Å². The Labute approximate surface area is 99.0 Å². The monoisotopic (exact) mass is 269 g/mol. The Morgan fingerprint density at radius 3 is 2.53 bits per heavy atom. The van der Waals surface area contributed by atoms with E-state index in [0.717, 1.165) is 37.3 Å². The van der Waals surface area contributed by atoms with E-state index in [2.05, 4.69) is 55.7 Å². The van der Waals surface area contributed by atoms with E-state index in [0.29, 0.717) is 0 Å². The van der Waals surface area contributed by atoms with Crippen molar-refractivity contribution in [3.8, 4) is 0 Å². The Morgan fingerprint density at radius 1 is 1.20 bits per heavy atom. The van der Waals surface area contributed by atoms with Gasteiger partial charge in [-0.05, 0) is 24.3 Å². The van der Waals surface area contributed by atoms with Gasteiger partial charge in [0.15, 0.2) is 0 Å². The van der Waals surface area contributed by atoms with Crippen molar-refractivity contribution in [2.45, 2.75) is 0 Å². The predicted molar refractivity (Wildman–Crippen MR) is 67.1 cm³/mol. The van der Waals surface area contributed by atoms with Gasteiger partial charge in [-0.3, -0.25) is 4.90 Å². The summed E-state index contributed by atoms with van der Waals surface area (Å²) in [5.41, 5.74) is 1.18. The molecule has 0 saturated carbocycles. The van der Waals surface area contributed by atoms with Gasteiger partial charge in [0.25, 0.3) is 0 Å². The summed E-state index contributed by atoms with van der Waals surface area (Å²) in [6.45, 7) is 5.39. The minimum Gasteiger partial charge on any atom is -0.372 e. The first-order valence-electron chi connectivity index (χ1n) is 5.27. The van der Waals surface area contributed by atoms with Gasteiger partial charge in [-0.25, -0.2) is 0 Å². The Balaban J connectivity index is 1.79. The van der Waals surface area contributed by atoms with Gasteiger partial charge in [-0.15, -0.1) is 0 Å². The molecule has 4 heteroatoms. The molecule has 1 saturated heterocycles. The van der Waals surface area contributed by atoms with Crippen molar-refractivity contribution in [2.24, 2.45) is 0 Å². The maximum absolute atomic E-state index is 3.43. The van der Waals surface area contributed by atoms with E-state index in [9.17, 15) is 0 Å². The maximum atomic E-state index is 3.43. The average molecular weight is 270 g/mol. The van der Waals surface area contributed by atoms with Gasteiger partial charge >= 0.3 is 0 Å². The van der Waals surface area contributed by atoms with Crippen molar-refractivity contribution in [3.63, 3.8) is 0 Å². The van der Waals surface area contributed by atoms with Crippen molar-refractivity contribution in [1.29, 1.82) is 0 Å². The molecular weight excluding hydrogens is 254 g/mol. The highest BCUT2D eigenvalue weighted by atomic mass is 79.9. The molecule has 0 aliphatic carbocycles. The molecule has 2 N–H and O–H groups in total. The van der Waals surface area contributed by atoms with Crippen LogP contribution in [0.3, 0.4) is 0 Å².